The van der Waals surface area contributed by atoms with Crippen LogP contribution in [0.5, 0.6) is 0 Å². The molecule has 0 radical (unpaired) electrons. The van der Waals surface area contributed by atoms with Gasteiger partial charge in [0.2, 0.25) is 5.91 Å². The van der Waals surface area contributed by atoms with Crippen LogP contribution in [0.25, 0.3) is 0 Å². The van der Waals surface area contributed by atoms with Crippen molar-refractivity contribution < 1.29 is 9.69 Å². The second-order valence-electron chi connectivity index (χ2n) is 6.62. The van der Waals surface area contributed by atoms with Gasteiger partial charge >= 0.3 is 0 Å². The number of aromatic nitrogens is 1. The summed E-state index contributed by atoms with van der Waals surface area (Å²) in [6.45, 7) is 3.84. The highest BCUT2D eigenvalue weighted by atomic mass is 32.1. The van der Waals surface area contributed by atoms with E-state index in [0.717, 1.165) is 29.5 Å². The molecule has 4 nitrogen and oxygen atoms in total. The van der Waals surface area contributed by atoms with E-state index in [1.807, 2.05) is 37.3 Å². The number of aryl methyl sites for hydroxylation is 1. The number of carbonyl (C=O) groups is 1. The number of nitrogens with zero attached hydrogens (tertiary/aromatic N) is 1. The van der Waals surface area contributed by atoms with Crippen LogP contribution in [0.2, 0.25) is 0 Å². The molecule has 1 atom stereocenters. The number of quaternary nitrogens is 1. The van der Waals surface area contributed by atoms with E-state index in [9.17, 15) is 4.79 Å². The van der Waals surface area contributed by atoms with Gasteiger partial charge in [0.15, 0.2) is 0 Å². The highest BCUT2D eigenvalue weighted by Crippen LogP contribution is 2.13. The van der Waals surface area contributed by atoms with Gasteiger partial charge in [-0.2, -0.15) is 0 Å². The molecule has 0 fully saturated rings. The van der Waals surface area contributed by atoms with Crippen LogP contribution < -0.4 is 10.2 Å². The molecule has 3 aromatic rings. The topological polar surface area (TPSA) is 46.4 Å². The van der Waals surface area contributed by atoms with Gasteiger partial charge in [-0.15, -0.1) is 11.3 Å². The minimum Gasteiger partial charge on any atom is -0.329 e. The Balaban J connectivity index is 1.50. The Bertz CT molecular complexity index is 843. The molecule has 2 N–H and O–H groups in total. The molecule has 2 aromatic carbocycles. The number of benzene rings is 2. The van der Waals surface area contributed by atoms with Gasteiger partial charge in [-0.05, 0) is 19.1 Å². The van der Waals surface area contributed by atoms with Crippen LogP contribution >= 0.6 is 11.3 Å². The van der Waals surface area contributed by atoms with Crippen molar-refractivity contribution in [2.75, 3.05) is 12.4 Å². The summed E-state index contributed by atoms with van der Waals surface area (Å²) in [5.74, 6) is -0.0280. The van der Waals surface area contributed by atoms with E-state index in [0.29, 0.717) is 6.42 Å². The lowest BCUT2D eigenvalue weighted by molar-refractivity contribution is -0.908. The van der Waals surface area contributed by atoms with Crippen molar-refractivity contribution in [1.29, 1.82) is 0 Å². The normalized spacial score (nSPS) is 11.9. The van der Waals surface area contributed by atoms with Crippen LogP contribution in [0.4, 0.5) is 5.69 Å². The maximum absolute atomic E-state index is 12.2. The molecule has 1 aromatic heterocycles. The Morgan fingerprint density at radius 2 is 1.81 bits per heavy atom. The molecule has 1 amide bonds. The Labute approximate surface area is 158 Å². The average molecular weight is 367 g/mol. The van der Waals surface area contributed by atoms with Gasteiger partial charge in [-0.25, -0.2) is 4.98 Å². The Morgan fingerprint density at radius 1 is 1.08 bits per heavy atom. The van der Waals surface area contributed by atoms with Crippen LogP contribution in [0.3, 0.4) is 0 Å². The highest BCUT2D eigenvalue weighted by molar-refractivity contribution is 7.09. The fourth-order valence-electron chi connectivity index (χ4n) is 2.81. The van der Waals surface area contributed by atoms with Gasteiger partial charge < -0.3 is 10.2 Å². The van der Waals surface area contributed by atoms with Crippen LogP contribution in [0, 0.1) is 6.92 Å². The number of hydrogen-bond donors (Lipinski definition) is 2. The summed E-state index contributed by atoms with van der Waals surface area (Å²) in [7, 11) is 2.16. The number of rotatable bonds is 7. The van der Waals surface area contributed by atoms with Crippen molar-refractivity contribution in [3.05, 3.63) is 81.8 Å². The maximum Gasteiger partial charge on any atom is 0.231 e. The minimum absolute atomic E-state index is 0.0280. The Hall–Kier alpha value is -2.50. The van der Waals surface area contributed by atoms with Gasteiger partial charge in [0.1, 0.15) is 23.8 Å². The predicted molar refractivity (Wildman–Crippen MR) is 106 cm³/mol. The molecule has 26 heavy (non-hydrogen) atoms. The van der Waals surface area contributed by atoms with Crippen molar-refractivity contribution >= 4 is 22.9 Å². The predicted octanol–water partition coefficient (Wildman–Crippen LogP) is 2.85. The lowest BCUT2D eigenvalue weighted by Crippen LogP contribution is -3.06. The zero-order valence-corrected chi connectivity index (χ0v) is 16.0. The molecule has 5 heteroatoms. The van der Waals surface area contributed by atoms with Crippen molar-refractivity contribution in [1.82, 2.24) is 4.98 Å². The molecule has 0 saturated carbocycles. The van der Waals surface area contributed by atoms with Gasteiger partial charge in [-0.1, -0.05) is 48.0 Å². The van der Waals surface area contributed by atoms with E-state index in [4.69, 9.17) is 0 Å². The number of anilines is 1. The SMILES string of the molecule is Cc1ccc(NC(=O)Cc2nc(C[NH+](C)Cc3ccccc3)cs2)cc1. The molecular formula is C21H24N3OS+. The van der Waals surface area contributed by atoms with Crippen molar-refractivity contribution in [3.63, 3.8) is 0 Å². The standard InChI is InChI=1S/C21H23N3OS/c1-16-8-10-18(11-9-16)22-20(25)12-21-23-19(15-26-21)14-24(2)13-17-6-4-3-5-7-17/h3-11,15H,12-14H2,1-2H3,(H,22,25)/p+1. The number of nitrogens with one attached hydrogen (secondary N) is 2. The van der Waals surface area contributed by atoms with E-state index < -0.39 is 0 Å². The van der Waals surface area contributed by atoms with Gasteiger partial charge in [0, 0.05) is 16.6 Å². The van der Waals surface area contributed by atoms with Crippen molar-refractivity contribution in [2.45, 2.75) is 26.4 Å². The third kappa shape index (κ3) is 5.51. The van der Waals surface area contributed by atoms with Gasteiger partial charge in [0.05, 0.1) is 13.5 Å². The number of amides is 1. The highest BCUT2D eigenvalue weighted by Gasteiger charge is 2.11. The summed E-state index contributed by atoms with van der Waals surface area (Å²) in [4.78, 5) is 18.2. The molecule has 3 rings (SSSR count). The molecule has 0 saturated heterocycles. The summed E-state index contributed by atoms with van der Waals surface area (Å²) < 4.78 is 0. The summed E-state index contributed by atoms with van der Waals surface area (Å²) in [5, 5.41) is 5.84. The zero-order valence-electron chi connectivity index (χ0n) is 15.2. The van der Waals surface area contributed by atoms with Crippen molar-refractivity contribution in [2.24, 2.45) is 0 Å². The first-order valence-corrected chi connectivity index (χ1v) is 9.61. The fraction of sp³-hybridized carbons (Fsp3) is 0.238. The zero-order chi connectivity index (χ0) is 18.4. The molecule has 0 bridgehead atoms. The maximum atomic E-state index is 12.2. The smallest absolute Gasteiger partial charge is 0.231 e. The molecule has 134 valence electrons. The summed E-state index contributed by atoms with van der Waals surface area (Å²) in [5.41, 5.74) is 4.36. The summed E-state index contributed by atoms with van der Waals surface area (Å²) in [6.07, 6.45) is 0.316. The average Bonchev–Trinajstić information content (AvgIpc) is 3.04. The molecule has 0 aliphatic heterocycles. The second kappa shape index (κ2) is 8.74. The number of carbonyl (C=O) groups excluding carboxylic acids is 1. The van der Waals surface area contributed by atoms with E-state index in [-0.39, 0.29) is 5.91 Å². The first-order chi connectivity index (χ1) is 12.6. The Morgan fingerprint density at radius 3 is 2.54 bits per heavy atom. The molecule has 1 unspecified atom stereocenters. The van der Waals surface area contributed by atoms with Crippen LogP contribution in [-0.4, -0.2) is 17.9 Å². The van der Waals surface area contributed by atoms with Gasteiger partial charge in [-0.3, -0.25) is 4.79 Å². The van der Waals surface area contributed by atoms with E-state index in [1.54, 1.807) is 11.3 Å². The number of hydrogen-bond acceptors (Lipinski definition) is 3. The second-order valence-corrected chi connectivity index (χ2v) is 7.56. The van der Waals surface area contributed by atoms with Crippen LogP contribution in [0.1, 0.15) is 21.8 Å². The van der Waals surface area contributed by atoms with E-state index in [1.165, 1.54) is 16.0 Å². The summed E-state index contributed by atoms with van der Waals surface area (Å²) >= 11 is 1.55. The third-order valence-electron chi connectivity index (χ3n) is 4.08. The monoisotopic (exact) mass is 366 g/mol. The molecule has 0 spiro atoms. The first-order valence-electron chi connectivity index (χ1n) is 8.73. The minimum atomic E-state index is -0.0280. The largest absolute Gasteiger partial charge is 0.329 e. The lowest BCUT2D eigenvalue weighted by Gasteiger charge is -2.12. The summed E-state index contributed by atoms with van der Waals surface area (Å²) in [6, 6.07) is 18.3. The quantitative estimate of drug-likeness (QED) is 0.675. The van der Waals surface area contributed by atoms with Crippen LogP contribution in [-0.2, 0) is 24.3 Å². The Kier molecular flexibility index (Phi) is 6.15. The number of thiazole rings is 1. The fourth-order valence-corrected chi connectivity index (χ4v) is 3.60. The van der Waals surface area contributed by atoms with Gasteiger partial charge in [0.25, 0.3) is 0 Å². The molecule has 0 aliphatic rings. The van der Waals surface area contributed by atoms with Crippen LogP contribution in [0.15, 0.2) is 60.0 Å². The van der Waals surface area contributed by atoms with E-state index in [2.05, 4.69) is 47.0 Å². The molecule has 1 heterocycles. The molecule has 0 aliphatic carbocycles. The first kappa shape index (κ1) is 18.3. The third-order valence-corrected chi connectivity index (χ3v) is 4.98. The van der Waals surface area contributed by atoms with E-state index >= 15 is 0 Å². The lowest BCUT2D eigenvalue weighted by atomic mass is 10.2. The van der Waals surface area contributed by atoms with Crippen molar-refractivity contribution in [3.8, 4) is 0 Å². The molecular weight excluding hydrogens is 342 g/mol.